The Hall–Kier alpha value is -3.52. The SMILES string of the molecule is COc1ccc(-c2ccc3c(ccc4occ(-c5ccccc5)c43)c2)cc1. The van der Waals surface area contributed by atoms with Gasteiger partial charge in [-0.2, -0.15) is 0 Å². The van der Waals surface area contributed by atoms with Gasteiger partial charge in [-0.3, -0.25) is 0 Å². The highest BCUT2D eigenvalue weighted by Gasteiger charge is 2.12. The second kappa shape index (κ2) is 6.33. The summed E-state index contributed by atoms with van der Waals surface area (Å²) in [4.78, 5) is 0. The fourth-order valence-electron chi connectivity index (χ4n) is 3.66. The van der Waals surface area contributed by atoms with Crippen molar-refractivity contribution >= 4 is 21.7 Å². The third-order valence-electron chi connectivity index (χ3n) is 5.06. The minimum Gasteiger partial charge on any atom is -0.497 e. The largest absolute Gasteiger partial charge is 0.497 e. The van der Waals surface area contributed by atoms with Crippen molar-refractivity contribution in [3.63, 3.8) is 0 Å². The van der Waals surface area contributed by atoms with Crippen LogP contribution in [0.5, 0.6) is 5.75 Å². The maximum Gasteiger partial charge on any atom is 0.135 e. The topological polar surface area (TPSA) is 22.4 Å². The van der Waals surface area contributed by atoms with Gasteiger partial charge in [0.1, 0.15) is 11.3 Å². The van der Waals surface area contributed by atoms with Crippen LogP contribution in [0.4, 0.5) is 0 Å². The highest BCUT2D eigenvalue weighted by Crippen LogP contribution is 2.37. The summed E-state index contributed by atoms with van der Waals surface area (Å²) in [5, 5.41) is 3.58. The van der Waals surface area contributed by atoms with E-state index < -0.39 is 0 Å². The van der Waals surface area contributed by atoms with E-state index in [1.165, 1.54) is 32.8 Å². The fourth-order valence-corrected chi connectivity index (χ4v) is 3.66. The van der Waals surface area contributed by atoms with Crippen molar-refractivity contribution in [1.82, 2.24) is 0 Å². The second-order valence-electron chi connectivity index (χ2n) is 6.62. The van der Waals surface area contributed by atoms with Crippen LogP contribution in [-0.2, 0) is 0 Å². The zero-order valence-corrected chi connectivity index (χ0v) is 15.0. The van der Waals surface area contributed by atoms with Gasteiger partial charge in [0.15, 0.2) is 0 Å². The smallest absolute Gasteiger partial charge is 0.135 e. The van der Waals surface area contributed by atoms with E-state index in [2.05, 4.69) is 66.7 Å². The van der Waals surface area contributed by atoms with Crippen molar-refractivity contribution < 1.29 is 9.15 Å². The van der Waals surface area contributed by atoms with Gasteiger partial charge in [-0.25, -0.2) is 0 Å². The molecule has 5 aromatic rings. The molecule has 0 bridgehead atoms. The monoisotopic (exact) mass is 350 g/mol. The number of hydrogen-bond donors (Lipinski definition) is 0. The molecule has 1 heterocycles. The normalized spacial score (nSPS) is 11.1. The molecule has 4 aromatic carbocycles. The van der Waals surface area contributed by atoms with Crippen LogP contribution in [0.2, 0.25) is 0 Å². The predicted octanol–water partition coefficient (Wildman–Crippen LogP) is 6.93. The van der Waals surface area contributed by atoms with Gasteiger partial charge in [-0.05, 0) is 51.7 Å². The van der Waals surface area contributed by atoms with Crippen LogP contribution in [0, 0.1) is 0 Å². The lowest BCUT2D eigenvalue weighted by atomic mass is 9.96. The summed E-state index contributed by atoms with van der Waals surface area (Å²) in [5.74, 6) is 0.868. The molecule has 130 valence electrons. The van der Waals surface area contributed by atoms with Crippen LogP contribution in [-0.4, -0.2) is 7.11 Å². The molecule has 0 spiro atoms. The molecular weight excluding hydrogens is 332 g/mol. The van der Waals surface area contributed by atoms with Gasteiger partial charge in [0.25, 0.3) is 0 Å². The molecule has 0 saturated heterocycles. The molecule has 2 heteroatoms. The number of benzene rings is 4. The fraction of sp³-hybridized carbons (Fsp3) is 0.0400. The summed E-state index contributed by atoms with van der Waals surface area (Å²) in [5.41, 5.74) is 5.58. The van der Waals surface area contributed by atoms with E-state index in [1.807, 2.05) is 24.5 Å². The maximum absolute atomic E-state index is 5.84. The number of furan rings is 1. The van der Waals surface area contributed by atoms with E-state index in [0.29, 0.717) is 0 Å². The average molecular weight is 350 g/mol. The molecule has 0 N–H and O–H groups in total. The highest BCUT2D eigenvalue weighted by atomic mass is 16.5. The van der Waals surface area contributed by atoms with Crippen molar-refractivity contribution in [3.8, 4) is 28.0 Å². The van der Waals surface area contributed by atoms with Crippen molar-refractivity contribution in [2.24, 2.45) is 0 Å². The molecule has 0 unspecified atom stereocenters. The molecular formula is C25H18O2. The minimum atomic E-state index is 0.868. The Kier molecular flexibility index (Phi) is 3.68. The van der Waals surface area contributed by atoms with Crippen molar-refractivity contribution in [3.05, 3.63) is 91.2 Å². The number of methoxy groups -OCH3 is 1. The van der Waals surface area contributed by atoms with E-state index in [4.69, 9.17) is 9.15 Å². The number of rotatable bonds is 3. The lowest BCUT2D eigenvalue weighted by Gasteiger charge is -2.07. The Balaban J connectivity index is 1.69. The summed E-state index contributed by atoms with van der Waals surface area (Å²) in [6, 6.07) is 29.3. The molecule has 0 radical (unpaired) electrons. The van der Waals surface area contributed by atoms with Crippen LogP contribution >= 0.6 is 0 Å². The van der Waals surface area contributed by atoms with Crippen molar-refractivity contribution in [2.75, 3.05) is 7.11 Å². The number of hydrogen-bond acceptors (Lipinski definition) is 2. The molecule has 0 fully saturated rings. The summed E-state index contributed by atoms with van der Waals surface area (Å²) in [6.45, 7) is 0. The molecule has 0 aliphatic rings. The number of ether oxygens (including phenoxy) is 1. The van der Waals surface area contributed by atoms with Gasteiger partial charge in [0.2, 0.25) is 0 Å². The molecule has 2 nitrogen and oxygen atoms in total. The standard InChI is InChI=1S/C25H18O2/c1-26-21-11-7-17(8-12-21)19-9-13-22-20(15-19)10-14-24-25(22)23(16-27-24)18-5-3-2-4-6-18/h2-16H,1H3. The van der Waals surface area contributed by atoms with Crippen LogP contribution in [0.3, 0.4) is 0 Å². The Morgan fingerprint density at radius 3 is 2.26 bits per heavy atom. The van der Waals surface area contributed by atoms with Gasteiger partial charge < -0.3 is 9.15 Å². The van der Waals surface area contributed by atoms with Gasteiger partial charge in [0, 0.05) is 10.9 Å². The molecule has 0 aliphatic heterocycles. The molecule has 27 heavy (non-hydrogen) atoms. The van der Waals surface area contributed by atoms with Crippen LogP contribution < -0.4 is 4.74 Å². The third kappa shape index (κ3) is 2.67. The second-order valence-corrected chi connectivity index (χ2v) is 6.62. The van der Waals surface area contributed by atoms with Gasteiger partial charge in [-0.1, -0.05) is 60.7 Å². The maximum atomic E-state index is 5.84. The van der Waals surface area contributed by atoms with E-state index in [9.17, 15) is 0 Å². The Morgan fingerprint density at radius 2 is 1.48 bits per heavy atom. The van der Waals surface area contributed by atoms with Crippen LogP contribution in [0.1, 0.15) is 0 Å². The van der Waals surface area contributed by atoms with Gasteiger partial charge in [-0.15, -0.1) is 0 Å². The summed E-state index contributed by atoms with van der Waals surface area (Å²) >= 11 is 0. The first-order valence-electron chi connectivity index (χ1n) is 8.97. The van der Waals surface area contributed by atoms with Crippen molar-refractivity contribution in [2.45, 2.75) is 0 Å². The minimum absolute atomic E-state index is 0.868. The first kappa shape index (κ1) is 15.7. The van der Waals surface area contributed by atoms with E-state index in [-0.39, 0.29) is 0 Å². The predicted molar refractivity (Wildman–Crippen MR) is 111 cm³/mol. The summed E-state index contributed by atoms with van der Waals surface area (Å²) in [6.07, 6.45) is 1.86. The van der Waals surface area contributed by atoms with Crippen molar-refractivity contribution in [1.29, 1.82) is 0 Å². The van der Waals surface area contributed by atoms with Crippen LogP contribution in [0.15, 0.2) is 95.6 Å². The van der Waals surface area contributed by atoms with E-state index in [1.54, 1.807) is 7.11 Å². The molecule has 0 atom stereocenters. The Bertz CT molecular complexity index is 1230. The number of fused-ring (bicyclic) bond motifs is 3. The van der Waals surface area contributed by atoms with Gasteiger partial charge in [0.05, 0.1) is 13.4 Å². The summed E-state index contributed by atoms with van der Waals surface area (Å²) in [7, 11) is 1.69. The quantitative estimate of drug-likeness (QED) is 0.352. The zero-order chi connectivity index (χ0) is 18.2. The van der Waals surface area contributed by atoms with Gasteiger partial charge >= 0.3 is 0 Å². The first-order valence-corrected chi connectivity index (χ1v) is 8.97. The molecule has 1 aromatic heterocycles. The first-order chi connectivity index (χ1) is 13.3. The third-order valence-corrected chi connectivity index (χ3v) is 5.06. The zero-order valence-electron chi connectivity index (χ0n) is 15.0. The highest BCUT2D eigenvalue weighted by molar-refractivity contribution is 6.13. The lowest BCUT2D eigenvalue weighted by molar-refractivity contribution is 0.415. The summed E-state index contributed by atoms with van der Waals surface area (Å²) < 4.78 is 11.1. The Labute approximate surface area is 157 Å². The van der Waals surface area contributed by atoms with E-state index >= 15 is 0 Å². The molecule has 0 amide bonds. The van der Waals surface area contributed by atoms with E-state index in [0.717, 1.165) is 16.9 Å². The van der Waals surface area contributed by atoms with Crippen LogP contribution in [0.25, 0.3) is 44.0 Å². The molecule has 0 saturated carbocycles. The lowest BCUT2D eigenvalue weighted by Crippen LogP contribution is -1.84. The molecule has 0 aliphatic carbocycles. The Morgan fingerprint density at radius 1 is 0.704 bits per heavy atom. The molecule has 5 rings (SSSR count). The average Bonchev–Trinajstić information content (AvgIpc) is 3.19.